The molecule has 0 spiro atoms. The van der Waals surface area contributed by atoms with Gasteiger partial charge in [-0.3, -0.25) is 0 Å². The van der Waals surface area contributed by atoms with Gasteiger partial charge in [-0.15, -0.1) is 0 Å². The number of fused-ring (bicyclic) bond motifs is 2. The van der Waals surface area contributed by atoms with Gasteiger partial charge in [-0.25, -0.2) is 4.79 Å². The SMILES string of the molecule is O=C(NCCCCCCCC(COCCO)(COCCO)COCCO)OCc1c2ccccc2cc2ccccc12. The van der Waals surface area contributed by atoms with Gasteiger partial charge in [0.15, 0.2) is 0 Å². The van der Waals surface area contributed by atoms with Crippen molar-refractivity contribution in [3.63, 3.8) is 0 Å². The van der Waals surface area contributed by atoms with Gasteiger partial charge < -0.3 is 39.6 Å². The van der Waals surface area contributed by atoms with Crippen LogP contribution in [0, 0.1) is 5.41 Å². The van der Waals surface area contributed by atoms with E-state index in [-0.39, 0.29) is 46.2 Å². The molecule has 0 unspecified atom stereocenters. The highest BCUT2D eigenvalue weighted by Gasteiger charge is 2.31. The maximum Gasteiger partial charge on any atom is 0.407 e. The number of amides is 1. The maximum atomic E-state index is 12.4. The fourth-order valence-electron chi connectivity index (χ4n) is 5.20. The number of hydrogen-bond acceptors (Lipinski definition) is 8. The zero-order chi connectivity index (χ0) is 29.9. The topological polar surface area (TPSA) is 127 Å². The summed E-state index contributed by atoms with van der Waals surface area (Å²) in [6.07, 6.45) is 5.16. The molecule has 0 fully saturated rings. The minimum Gasteiger partial charge on any atom is -0.445 e. The van der Waals surface area contributed by atoms with Crippen LogP contribution in [0.5, 0.6) is 0 Å². The Kier molecular flexibility index (Phi) is 15.6. The van der Waals surface area contributed by atoms with Gasteiger partial charge in [-0.05, 0) is 40.5 Å². The van der Waals surface area contributed by atoms with Crippen molar-refractivity contribution in [2.75, 3.05) is 66.0 Å². The average molecular weight is 586 g/mol. The first kappa shape index (κ1) is 33.7. The zero-order valence-corrected chi connectivity index (χ0v) is 24.6. The second-order valence-electron chi connectivity index (χ2n) is 10.6. The molecule has 0 aliphatic carbocycles. The summed E-state index contributed by atoms with van der Waals surface area (Å²) in [6, 6.07) is 18.5. The molecule has 3 aromatic rings. The number of ether oxygens (including phenoxy) is 4. The van der Waals surface area contributed by atoms with Gasteiger partial charge in [0.05, 0.1) is 59.5 Å². The monoisotopic (exact) mass is 585 g/mol. The van der Waals surface area contributed by atoms with Crippen LogP contribution in [0.4, 0.5) is 4.79 Å². The molecule has 0 aromatic heterocycles. The van der Waals surface area contributed by atoms with Crippen molar-refractivity contribution in [3.05, 3.63) is 60.2 Å². The first-order valence-electron chi connectivity index (χ1n) is 15.0. The molecule has 3 aromatic carbocycles. The third-order valence-electron chi connectivity index (χ3n) is 7.32. The van der Waals surface area contributed by atoms with Crippen LogP contribution in [-0.4, -0.2) is 87.4 Å². The number of alkyl carbamates (subject to hydrolysis) is 1. The van der Waals surface area contributed by atoms with Crippen molar-refractivity contribution in [2.45, 2.75) is 45.1 Å². The number of aliphatic hydroxyl groups excluding tert-OH is 3. The first-order chi connectivity index (χ1) is 20.6. The van der Waals surface area contributed by atoms with Crippen LogP contribution >= 0.6 is 0 Å². The summed E-state index contributed by atoms with van der Waals surface area (Å²) < 4.78 is 22.6. The van der Waals surface area contributed by atoms with Crippen molar-refractivity contribution in [2.24, 2.45) is 5.41 Å². The van der Waals surface area contributed by atoms with E-state index in [2.05, 4.69) is 35.6 Å². The number of carbonyl (C=O) groups excluding carboxylic acids is 1. The summed E-state index contributed by atoms with van der Waals surface area (Å²) in [5, 5.41) is 34.7. The fourth-order valence-corrected chi connectivity index (χ4v) is 5.20. The number of nitrogens with one attached hydrogen (secondary N) is 1. The molecule has 0 atom stereocenters. The second-order valence-corrected chi connectivity index (χ2v) is 10.6. The highest BCUT2D eigenvalue weighted by molar-refractivity contribution is 6.02. The third-order valence-corrected chi connectivity index (χ3v) is 7.32. The molecule has 0 radical (unpaired) electrons. The van der Waals surface area contributed by atoms with Crippen LogP contribution in [0.2, 0.25) is 0 Å². The Hall–Kier alpha value is -2.79. The molecule has 0 aliphatic rings. The summed E-state index contributed by atoms with van der Waals surface area (Å²) in [7, 11) is 0. The van der Waals surface area contributed by atoms with Crippen molar-refractivity contribution >= 4 is 27.6 Å². The minimum atomic E-state index is -0.416. The van der Waals surface area contributed by atoms with Gasteiger partial charge in [-0.1, -0.05) is 74.2 Å². The maximum absolute atomic E-state index is 12.4. The molecule has 42 heavy (non-hydrogen) atoms. The van der Waals surface area contributed by atoms with Crippen molar-refractivity contribution in [1.82, 2.24) is 5.32 Å². The normalized spacial score (nSPS) is 11.8. The number of hydrogen-bond donors (Lipinski definition) is 4. The molecule has 4 N–H and O–H groups in total. The lowest BCUT2D eigenvalue weighted by molar-refractivity contribution is -0.0845. The molecule has 0 bridgehead atoms. The largest absolute Gasteiger partial charge is 0.445 e. The van der Waals surface area contributed by atoms with Crippen LogP contribution in [-0.2, 0) is 25.6 Å². The molecule has 0 saturated heterocycles. The molecule has 9 heteroatoms. The Bertz CT molecular complexity index is 1110. The van der Waals surface area contributed by atoms with Crippen molar-refractivity contribution < 1.29 is 39.1 Å². The van der Waals surface area contributed by atoms with E-state index < -0.39 is 11.5 Å². The van der Waals surface area contributed by atoms with Gasteiger partial charge in [0.2, 0.25) is 0 Å². The van der Waals surface area contributed by atoms with Crippen molar-refractivity contribution in [1.29, 1.82) is 0 Å². The fraction of sp³-hybridized carbons (Fsp3) is 0.545. The van der Waals surface area contributed by atoms with Crippen LogP contribution in [0.25, 0.3) is 21.5 Å². The molecular formula is C33H47NO8. The standard InChI is InChI=1S/C33H47NO8/c35-16-19-39-24-33(25-40-20-17-36,26-41-21-18-37)14-8-2-1-3-9-15-34-32(38)42-23-31-29-12-6-4-10-27(29)22-28-11-5-7-13-30(28)31/h4-7,10-13,22,35-37H,1-3,8-9,14-21,23-26H2,(H,34,38). The van der Waals surface area contributed by atoms with Crippen LogP contribution < -0.4 is 5.32 Å². The van der Waals surface area contributed by atoms with Crippen LogP contribution in [0.1, 0.15) is 44.1 Å². The summed E-state index contributed by atoms with van der Waals surface area (Å²) in [5.74, 6) is 0. The van der Waals surface area contributed by atoms with Crippen molar-refractivity contribution in [3.8, 4) is 0 Å². The molecule has 232 valence electrons. The molecule has 0 saturated carbocycles. The van der Waals surface area contributed by atoms with E-state index in [1.54, 1.807) is 0 Å². The van der Waals surface area contributed by atoms with Gasteiger partial charge in [0.1, 0.15) is 6.61 Å². The molecule has 1 amide bonds. The number of benzene rings is 3. The highest BCUT2D eigenvalue weighted by atomic mass is 16.5. The Morgan fingerprint density at radius 2 is 1.19 bits per heavy atom. The van der Waals surface area contributed by atoms with E-state index in [0.717, 1.165) is 65.6 Å². The lowest BCUT2D eigenvalue weighted by atomic mass is 9.84. The number of unbranched alkanes of at least 4 members (excludes halogenated alkanes) is 4. The average Bonchev–Trinajstić information content (AvgIpc) is 3.01. The van der Waals surface area contributed by atoms with Gasteiger partial charge in [0.25, 0.3) is 0 Å². The number of aliphatic hydroxyl groups is 3. The highest BCUT2D eigenvalue weighted by Crippen LogP contribution is 2.29. The Morgan fingerprint density at radius 3 is 1.74 bits per heavy atom. The van der Waals surface area contributed by atoms with Gasteiger partial charge in [0, 0.05) is 17.5 Å². The molecule has 0 aliphatic heterocycles. The third kappa shape index (κ3) is 11.1. The van der Waals surface area contributed by atoms with E-state index in [1.165, 1.54) is 0 Å². The summed E-state index contributed by atoms with van der Waals surface area (Å²) >= 11 is 0. The molecule has 0 heterocycles. The lowest BCUT2D eigenvalue weighted by Gasteiger charge is -2.33. The molecule has 9 nitrogen and oxygen atoms in total. The number of carbonyl (C=O) groups is 1. The van der Waals surface area contributed by atoms with Crippen LogP contribution in [0.15, 0.2) is 54.6 Å². The Morgan fingerprint density at radius 1 is 0.690 bits per heavy atom. The molecule has 3 rings (SSSR count). The van der Waals surface area contributed by atoms with E-state index in [0.29, 0.717) is 26.4 Å². The van der Waals surface area contributed by atoms with E-state index >= 15 is 0 Å². The van der Waals surface area contributed by atoms with Gasteiger partial charge >= 0.3 is 6.09 Å². The van der Waals surface area contributed by atoms with E-state index in [9.17, 15) is 4.79 Å². The van der Waals surface area contributed by atoms with E-state index in [1.807, 2.05) is 24.3 Å². The van der Waals surface area contributed by atoms with Gasteiger partial charge in [-0.2, -0.15) is 0 Å². The van der Waals surface area contributed by atoms with Crippen LogP contribution in [0.3, 0.4) is 0 Å². The summed E-state index contributed by atoms with van der Waals surface area (Å²) in [6.45, 7) is 2.37. The second kappa shape index (κ2) is 19.4. The Labute approximate surface area is 248 Å². The predicted octanol–water partition coefficient (Wildman–Crippen LogP) is 4.57. The predicted molar refractivity (Wildman–Crippen MR) is 163 cm³/mol. The molecular weight excluding hydrogens is 538 g/mol. The quantitative estimate of drug-likeness (QED) is 0.0998. The smallest absolute Gasteiger partial charge is 0.407 e. The first-order valence-corrected chi connectivity index (χ1v) is 15.0. The summed E-state index contributed by atoms with van der Waals surface area (Å²) in [5.41, 5.74) is 0.598. The number of rotatable bonds is 22. The van der Waals surface area contributed by atoms with E-state index in [4.69, 9.17) is 34.3 Å². The lowest BCUT2D eigenvalue weighted by Crippen LogP contribution is -2.38. The Balaban J connectivity index is 1.38. The minimum absolute atomic E-state index is 0.0628. The summed E-state index contributed by atoms with van der Waals surface area (Å²) in [4.78, 5) is 12.4. The zero-order valence-electron chi connectivity index (χ0n) is 24.6.